The highest BCUT2D eigenvalue weighted by Crippen LogP contribution is 2.34. The van der Waals surface area contributed by atoms with Crippen LogP contribution >= 0.6 is 0 Å². The van der Waals surface area contributed by atoms with Gasteiger partial charge in [-0.2, -0.15) is 0 Å². The van der Waals surface area contributed by atoms with Gasteiger partial charge in [0.15, 0.2) is 0 Å². The van der Waals surface area contributed by atoms with Crippen LogP contribution in [0.25, 0.3) is 0 Å². The fraction of sp³-hybridized carbons (Fsp3) is 0.455. The largest absolute Gasteiger partial charge is 0.508 e. The summed E-state index contributed by atoms with van der Waals surface area (Å²) in [5.41, 5.74) is 1.74. The second kappa shape index (κ2) is 2.97. The lowest BCUT2D eigenvalue weighted by Gasteiger charge is -2.36. The van der Waals surface area contributed by atoms with Crippen molar-refractivity contribution >= 4 is 0 Å². The van der Waals surface area contributed by atoms with Crippen LogP contribution in [0.2, 0.25) is 0 Å². The second-order valence-electron chi connectivity index (χ2n) is 4.29. The van der Waals surface area contributed by atoms with Crippen LogP contribution in [0, 0.1) is 0 Å². The fourth-order valence-corrected chi connectivity index (χ4v) is 1.95. The third-order valence-corrected chi connectivity index (χ3v) is 2.80. The van der Waals surface area contributed by atoms with Crippen molar-refractivity contribution in [2.75, 3.05) is 6.54 Å². The molecular weight excluding hydrogens is 178 g/mol. The molecule has 1 unspecified atom stereocenters. The zero-order valence-corrected chi connectivity index (χ0v) is 8.41. The molecule has 1 heterocycles. The molecule has 3 N–H and O–H groups in total. The quantitative estimate of drug-likeness (QED) is 0.581. The Morgan fingerprint density at radius 3 is 2.86 bits per heavy atom. The van der Waals surface area contributed by atoms with Crippen LogP contribution in [0.4, 0.5) is 0 Å². The van der Waals surface area contributed by atoms with E-state index in [9.17, 15) is 10.2 Å². The van der Waals surface area contributed by atoms with Crippen LogP contribution in [-0.2, 0) is 5.54 Å². The van der Waals surface area contributed by atoms with Gasteiger partial charge in [-0.25, -0.2) is 0 Å². The Balaban J connectivity index is 2.57. The number of aliphatic hydroxyl groups excluding tert-OH is 1. The zero-order valence-electron chi connectivity index (χ0n) is 8.41. The van der Waals surface area contributed by atoms with Crippen molar-refractivity contribution < 1.29 is 10.2 Å². The van der Waals surface area contributed by atoms with Gasteiger partial charge in [0, 0.05) is 12.1 Å². The summed E-state index contributed by atoms with van der Waals surface area (Å²) >= 11 is 0. The number of β-amino-alcohol motifs (C(OH)–C–C–N with tert-alkyl or cyclic N) is 1. The Labute approximate surface area is 83.4 Å². The molecule has 1 aliphatic rings. The Bertz CT molecular complexity index is 360. The van der Waals surface area contributed by atoms with Crippen LogP contribution < -0.4 is 5.32 Å². The van der Waals surface area contributed by atoms with Gasteiger partial charge in [0.05, 0.1) is 6.10 Å². The minimum absolute atomic E-state index is 0.137. The molecule has 2 rings (SSSR count). The van der Waals surface area contributed by atoms with Crippen molar-refractivity contribution in [2.24, 2.45) is 0 Å². The molecule has 1 aliphatic heterocycles. The van der Waals surface area contributed by atoms with E-state index in [2.05, 4.69) is 19.2 Å². The van der Waals surface area contributed by atoms with Gasteiger partial charge in [-0.1, -0.05) is 6.07 Å². The van der Waals surface area contributed by atoms with Crippen molar-refractivity contribution in [3.63, 3.8) is 0 Å². The van der Waals surface area contributed by atoms with E-state index in [1.807, 2.05) is 6.07 Å². The number of nitrogens with one attached hydrogen (secondary N) is 1. The number of phenols is 1. The minimum Gasteiger partial charge on any atom is -0.508 e. The molecule has 0 spiro atoms. The van der Waals surface area contributed by atoms with Crippen molar-refractivity contribution in [1.82, 2.24) is 5.32 Å². The van der Waals surface area contributed by atoms with E-state index in [1.54, 1.807) is 12.1 Å². The number of hydrogen-bond acceptors (Lipinski definition) is 3. The maximum atomic E-state index is 9.74. The number of phenolic OH excluding ortho intramolecular Hbond substituents is 1. The standard InChI is InChI=1S/C11H15NO2/c1-11(2)9-4-3-7(13)5-8(9)10(14)6-12-11/h3-5,10,12-14H,6H2,1-2H3. The molecule has 14 heavy (non-hydrogen) atoms. The third-order valence-electron chi connectivity index (χ3n) is 2.80. The van der Waals surface area contributed by atoms with Crippen LogP contribution in [-0.4, -0.2) is 16.8 Å². The van der Waals surface area contributed by atoms with Gasteiger partial charge in [0.2, 0.25) is 0 Å². The lowest BCUT2D eigenvalue weighted by molar-refractivity contribution is 0.142. The Morgan fingerprint density at radius 1 is 1.43 bits per heavy atom. The number of rotatable bonds is 0. The van der Waals surface area contributed by atoms with E-state index in [0.29, 0.717) is 6.54 Å². The average Bonchev–Trinajstić information content (AvgIpc) is 2.12. The van der Waals surface area contributed by atoms with Crippen molar-refractivity contribution in [1.29, 1.82) is 0 Å². The normalized spacial score (nSPS) is 24.4. The van der Waals surface area contributed by atoms with E-state index in [0.717, 1.165) is 11.1 Å². The first-order valence-corrected chi connectivity index (χ1v) is 4.77. The summed E-state index contributed by atoms with van der Waals surface area (Å²) in [6, 6.07) is 5.16. The number of aromatic hydroxyl groups is 1. The summed E-state index contributed by atoms with van der Waals surface area (Å²) in [4.78, 5) is 0. The number of fused-ring (bicyclic) bond motifs is 1. The topological polar surface area (TPSA) is 52.5 Å². The number of aliphatic hydroxyl groups is 1. The van der Waals surface area contributed by atoms with Gasteiger partial charge >= 0.3 is 0 Å². The Morgan fingerprint density at radius 2 is 2.14 bits per heavy atom. The summed E-state index contributed by atoms with van der Waals surface area (Å²) in [6.07, 6.45) is -0.523. The number of benzene rings is 1. The molecule has 0 bridgehead atoms. The predicted molar refractivity (Wildman–Crippen MR) is 54.1 cm³/mol. The second-order valence-corrected chi connectivity index (χ2v) is 4.29. The van der Waals surface area contributed by atoms with Gasteiger partial charge in [0.1, 0.15) is 5.75 Å². The lowest BCUT2D eigenvalue weighted by Crippen LogP contribution is -2.44. The van der Waals surface area contributed by atoms with E-state index in [1.165, 1.54) is 0 Å². The molecular formula is C11H15NO2. The van der Waals surface area contributed by atoms with Crippen molar-refractivity contribution in [3.05, 3.63) is 29.3 Å². The number of hydrogen-bond donors (Lipinski definition) is 3. The highest BCUT2D eigenvalue weighted by Gasteiger charge is 2.31. The molecule has 0 aromatic heterocycles. The predicted octanol–water partition coefficient (Wildman–Crippen LogP) is 1.26. The van der Waals surface area contributed by atoms with Gasteiger partial charge in [-0.05, 0) is 37.1 Å². The van der Waals surface area contributed by atoms with Crippen molar-refractivity contribution in [2.45, 2.75) is 25.5 Å². The van der Waals surface area contributed by atoms with E-state index >= 15 is 0 Å². The molecule has 1 aromatic rings. The van der Waals surface area contributed by atoms with Crippen LogP contribution in [0.1, 0.15) is 31.1 Å². The molecule has 76 valence electrons. The van der Waals surface area contributed by atoms with Crippen molar-refractivity contribution in [3.8, 4) is 5.75 Å². The minimum atomic E-state index is -0.523. The lowest BCUT2D eigenvalue weighted by atomic mass is 9.84. The van der Waals surface area contributed by atoms with Crippen LogP contribution in [0.3, 0.4) is 0 Å². The summed E-state index contributed by atoms with van der Waals surface area (Å²) in [5.74, 6) is 0.209. The van der Waals surface area contributed by atoms with E-state index in [4.69, 9.17) is 0 Å². The summed E-state index contributed by atoms with van der Waals surface area (Å²) < 4.78 is 0. The zero-order chi connectivity index (χ0) is 10.3. The highest BCUT2D eigenvalue weighted by atomic mass is 16.3. The molecule has 0 saturated heterocycles. The first-order chi connectivity index (χ1) is 6.50. The fourth-order valence-electron chi connectivity index (χ4n) is 1.95. The molecule has 1 atom stereocenters. The Hall–Kier alpha value is -1.06. The maximum Gasteiger partial charge on any atom is 0.115 e. The van der Waals surface area contributed by atoms with Gasteiger partial charge < -0.3 is 15.5 Å². The maximum absolute atomic E-state index is 9.74. The third kappa shape index (κ3) is 1.38. The van der Waals surface area contributed by atoms with Gasteiger partial charge in [0.25, 0.3) is 0 Å². The molecule has 3 nitrogen and oxygen atoms in total. The molecule has 0 amide bonds. The van der Waals surface area contributed by atoms with Crippen LogP contribution in [0.5, 0.6) is 5.75 Å². The Kier molecular flexibility index (Phi) is 2.01. The molecule has 0 fully saturated rings. The first kappa shape index (κ1) is 9.49. The molecule has 1 aromatic carbocycles. The molecule has 0 saturated carbocycles. The first-order valence-electron chi connectivity index (χ1n) is 4.77. The summed E-state index contributed by atoms with van der Waals surface area (Å²) in [7, 11) is 0. The van der Waals surface area contributed by atoms with E-state index < -0.39 is 6.10 Å². The monoisotopic (exact) mass is 193 g/mol. The molecule has 0 aliphatic carbocycles. The average molecular weight is 193 g/mol. The highest BCUT2D eigenvalue weighted by molar-refractivity contribution is 5.41. The SMILES string of the molecule is CC1(C)NCC(O)c2cc(O)ccc21. The summed E-state index contributed by atoms with van der Waals surface area (Å²) in [6.45, 7) is 4.66. The van der Waals surface area contributed by atoms with E-state index in [-0.39, 0.29) is 11.3 Å². The van der Waals surface area contributed by atoms with Crippen LogP contribution in [0.15, 0.2) is 18.2 Å². The van der Waals surface area contributed by atoms with Gasteiger partial charge in [-0.15, -0.1) is 0 Å². The molecule has 3 heteroatoms. The smallest absolute Gasteiger partial charge is 0.115 e. The summed E-state index contributed by atoms with van der Waals surface area (Å²) in [5, 5.41) is 22.3. The van der Waals surface area contributed by atoms with Gasteiger partial charge in [-0.3, -0.25) is 0 Å². The molecule has 0 radical (unpaired) electrons.